The van der Waals surface area contributed by atoms with Crippen LogP contribution in [0.25, 0.3) is 0 Å². The minimum absolute atomic E-state index is 0.753. The predicted molar refractivity (Wildman–Crippen MR) is 73.4 cm³/mol. The van der Waals surface area contributed by atoms with Gasteiger partial charge in [0.25, 0.3) is 0 Å². The van der Waals surface area contributed by atoms with E-state index in [1.807, 2.05) is 0 Å². The lowest BCUT2D eigenvalue weighted by Crippen LogP contribution is -2.26. The van der Waals surface area contributed by atoms with Crippen molar-refractivity contribution in [2.45, 2.75) is 39.5 Å². The maximum absolute atomic E-state index is 5.55. The molecule has 3 heteroatoms. The summed E-state index contributed by atoms with van der Waals surface area (Å²) in [5.41, 5.74) is 0. The maximum atomic E-state index is 5.55. The lowest BCUT2D eigenvalue weighted by molar-refractivity contribution is 0.125. The second-order valence-corrected chi connectivity index (χ2v) is 5.45. The number of rotatable bonds is 10. The van der Waals surface area contributed by atoms with Crippen LogP contribution in [0.5, 0.6) is 0 Å². The second kappa shape index (κ2) is 9.86. The summed E-state index contributed by atoms with van der Waals surface area (Å²) in [5, 5.41) is 3.45. The van der Waals surface area contributed by atoms with Gasteiger partial charge >= 0.3 is 0 Å². The van der Waals surface area contributed by atoms with Crippen LogP contribution in [-0.4, -0.2) is 50.8 Å². The van der Waals surface area contributed by atoms with Crippen molar-refractivity contribution in [1.29, 1.82) is 0 Å². The molecule has 1 fully saturated rings. The van der Waals surface area contributed by atoms with Crippen LogP contribution < -0.4 is 5.32 Å². The van der Waals surface area contributed by atoms with Gasteiger partial charge in [-0.3, -0.25) is 0 Å². The Balaban J connectivity index is 1.72. The summed E-state index contributed by atoms with van der Waals surface area (Å²) >= 11 is 0. The molecule has 0 aromatic heterocycles. The highest BCUT2D eigenvalue weighted by atomic mass is 16.5. The van der Waals surface area contributed by atoms with Crippen molar-refractivity contribution < 1.29 is 4.74 Å². The Kier molecular flexibility index (Phi) is 8.67. The van der Waals surface area contributed by atoms with Crippen LogP contribution >= 0.6 is 0 Å². The van der Waals surface area contributed by atoms with E-state index in [9.17, 15) is 0 Å². The molecule has 1 heterocycles. The normalized spacial score (nSPS) is 17.1. The van der Waals surface area contributed by atoms with Gasteiger partial charge in [0.1, 0.15) is 0 Å². The molecule has 1 N–H and O–H groups in total. The van der Waals surface area contributed by atoms with Crippen molar-refractivity contribution in [1.82, 2.24) is 10.2 Å². The van der Waals surface area contributed by atoms with Gasteiger partial charge < -0.3 is 15.0 Å². The molecule has 0 unspecified atom stereocenters. The van der Waals surface area contributed by atoms with Gasteiger partial charge in [0.05, 0.1) is 6.61 Å². The summed E-state index contributed by atoms with van der Waals surface area (Å²) in [5.74, 6) is 0.753. The molecule has 1 aliphatic heterocycles. The van der Waals surface area contributed by atoms with Gasteiger partial charge in [-0.1, -0.05) is 13.8 Å². The molecule has 0 aromatic rings. The summed E-state index contributed by atoms with van der Waals surface area (Å²) in [6.07, 6.45) is 5.25. The fraction of sp³-hybridized carbons (Fsp3) is 1.00. The Morgan fingerprint density at radius 2 is 1.88 bits per heavy atom. The topological polar surface area (TPSA) is 24.5 Å². The fourth-order valence-corrected chi connectivity index (χ4v) is 2.12. The minimum Gasteiger partial charge on any atom is -0.380 e. The number of ether oxygens (including phenoxy) is 1. The average molecular weight is 242 g/mol. The molecule has 0 radical (unpaired) electrons. The molecule has 17 heavy (non-hydrogen) atoms. The zero-order chi connectivity index (χ0) is 12.3. The van der Waals surface area contributed by atoms with Crippen molar-refractivity contribution in [3.8, 4) is 0 Å². The third-order valence-electron chi connectivity index (χ3n) is 3.29. The molecular weight excluding hydrogens is 212 g/mol. The predicted octanol–water partition coefficient (Wildman–Crippen LogP) is 2.12. The number of likely N-dealkylation sites (tertiary alicyclic amines) is 1. The maximum Gasteiger partial charge on any atom is 0.0590 e. The molecule has 0 bridgehead atoms. The number of hydrogen-bond acceptors (Lipinski definition) is 3. The highest BCUT2D eigenvalue weighted by Gasteiger charge is 2.09. The van der Waals surface area contributed by atoms with E-state index in [2.05, 4.69) is 24.1 Å². The second-order valence-electron chi connectivity index (χ2n) is 5.45. The molecule has 0 amide bonds. The van der Waals surface area contributed by atoms with E-state index in [1.165, 1.54) is 45.3 Å². The van der Waals surface area contributed by atoms with Gasteiger partial charge in [-0.25, -0.2) is 0 Å². The van der Waals surface area contributed by atoms with Crippen molar-refractivity contribution in [2.75, 3.05) is 45.9 Å². The largest absolute Gasteiger partial charge is 0.380 e. The summed E-state index contributed by atoms with van der Waals surface area (Å²) in [6, 6.07) is 0. The number of hydrogen-bond donors (Lipinski definition) is 1. The average Bonchev–Trinajstić information content (AvgIpc) is 2.79. The lowest BCUT2D eigenvalue weighted by Gasteiger charge is -2.14. The molecular formula is C14H30N2O. The van der Waals surface area contributed by atoms with Crippen LogP contribution in [0.3, 0.4) is 0 Å². The Morgan fingerprint density at radius 1 is 1.12 bits per heavy atom. The van der Waals surface area contributed by atoms with Crippen LogP contribution in [0.15, 0.2) is 0 Å². The van der Waals surface area contributed by atoms with Crippen molar-refractivity contribution >= 4 is 0 Å². The van der Waals surface area contributed by atoms with Gasteiger partial charge in [0.2, 0.25) is 0 Å². The molecule has 0 aromatic carbocycles. The minimum atomic E-state index is 0.753. The Bertz CT molecular complexity index is 168. The molecule has 102 valence electrons. The summed E-state index contributed by atoms with van der Waals surface area (Å²) in [4.78, 5) is 2.57. The summed E-state index contributed by atoms with van der Waals surface area (Å²) in [6.45, 7) is 12.3. The van der Waals surface area contributed by atoms with E-state index >= 15 is 0 Å². The highest BCUT2D eigenvalue weighted by molar-refractivity contribution is 4.66. The van der Waals surface area contributed by atoms with E-state index in [0.717, 1.165) is 32.2 Å². The molecule has 0 saturated carbocycles. The number of nitrogens with one attached hydrogen (secondary N) is 1. The Hall–Kier alpha value is -0.120. The van der Waals surface area contributed by atoms with E-state index in [0.29, 0.717) is 0 Å². The third kappa shape index (κ3) is 8.58. The number of nitrogens with zero attached hydrogens (tertiary/aromatic N) is 1. The van der Waals surface area contributed by atoms with E-state index in [4.69, 9.17) is 4.74 Å². The van der Waals surface area contributed by atoms with Gasteiger partial charge in [-0.05, 0) is 57.8 Å². The zero-order valence-electron chi connectivity index (χ0n) is 11.7. The van der Waals surface area contributed by atoms with Crippen LogP contribution in [-0.2, 0) is 4.74 Å². The van der Waals surface area contributed by atoms with Crippen molar-refractivity contribution in [3.63, 3.8) is 0 Å². The van der Waals surface area contributed by atoms with E-state index < -0.39 is 0 Å². The molecule has 1 saturated heterocycles. The molecule has 1 rings (SSSR count). The SMILES string of the molecule is CC(C)CCOCCNCCCN1CCCC1. The van der Waals surface area contributed by atoms with Crippen LogP contribution in [0.1, 0.15) is 39.5 Å². The lowest BCUT2D eigenvalue weighted by atomic mass is 10.1. The van der Waals surface area contributed by atoms with Crippen molar-refractivity contribution in [3.05, 3.63) is 0 Å². The highest BCUT2D eigenvalue weighted by Crippen LogP contribution is 2.06. The third-order valence-corrected chi connectivity index (χ3v) is 3.29. The standard InChI is InChI=1S/C14H30N2O/c1-14(2)6-12-17-13-8-15-7-5-11-16-9-3-4-10-16/h14-15H,3-13H2,1-2H3. The summed E-state index contributed by atoms with van der Waals surface area (Å²) < 4.78 is 5.55. The first-order chi connectivity index (χ1) is 8.29. The molecule has 0 spiro atoms. The zero-order valence-corrected chi connectivity index (χ0v) is 11.7. The van der Waals surface area contributed by atoms with Gasteiger partial charge in [-0.15, -0.1) is 0 Å². The summed E-state index contributed by atoms with van der Waals surface area (Å²) in [7, 11) is 0. The van der Waals surface area contributed by atoms with Gasteiger partial charge in [0.15, 0.2) is 0 Å². The van der Waals surface area contributed by atoms with Gasteiger partial charge in [0, 0.05) is 13.2 Å². The monoisotopic (exact) mass is 242 g/mol. The Labute approximate surface area is 107 Å². The van der Waals surface area contributed by atoms with Gasteiger partial charge in [-0.2, -0.15) is 0 Å². The molecule has 3 nitrogen and oxygen atoms in total. The first-order valence-electron chi connectivity index (χ1n) is 7.30. The molecule has 0 aliphatic carbocycles. The first-order valence-corrected chi connectivity index (χ1v) is 7.30. The van der Waals surface area contributed by atoms with Crippen LogP contribution in [0.4, 0.5) is 0 Å². The van der Waals surface area contributed by atoms with E-state index in [1.54, 1.807) is 0 Å². The Morgan fingerprint density at radius 3 is 2.59 bits per heavy atom. The molecule has 1 aliphatic rings. The fourth-order valence-electron chi connectivity index (χ4n) is 2.12. The first kappa shape index (κ1) is 14.9. The van der Waals surface area contributed by atoms with Crippen LogP contribution in [0, 0.1) is 5.92 Å². The van der Waals surface area contributed by atoms with Crippen molar-refractivity contribution in [2.24, 2.45) is 5.92 Å². The smallest absolute Gasteiger partial charge is 0.0590 e. The van der Waals surface area contributed by atoms with Crippen LogP contribution in [0.2, 0.25) is 0 Å². The van der Waals surface area contributed by atoms with E-state index in [-0.39, 0.29) is 0 Å². The quantitative estimate of drug-likeness (QED) is 0.594. The molecule has 0 atom stereocenters.